The van der Waals surface area contributed by atoms with Crippen molar-refractivity contribution >= 4 is 18.0 Å². The first-order valence-corrected chi connectivity index (χ1v) is 16.0. The lowest BCUT2D eigenvalue weighted by Gasteiger charge is -2.23. The zero-order valence-corrected chi connectivity index (χ0v) is 27.4. The van der Waals surface area contributed by atoms with Gasteiger partial charge < -0.3 is 14.2 Å². The van der Waals surface area contributed by atoms with Crippen molar-refractivity contribution in [2.45, 2.75) is 76.6 Å². The molecule has 4 rings (SSSR count). The van der Waals surface area contributed by atoms with E-state index in [0.29, 0.717) is 30.6 Å². The van der Waals surface area contributed by atoms with Crippen molar-refractivity contribution in [1.82, 2.24) is 5.06 Å². The summed E-state index contributed by atoms with van der Waals surface area (Å²) in [5, 5.41) is 0.954. The highest BCUT2D eigenvalue weighted by molar-refractivity contribution is 5.96. The summed E-state index contributed by atoms with van der Waals surface area (Å²) >= 11 is 0. The molecule has 2 aliphatic carbocycles. The van der Waals surface area contributed by atoms with Crippen molar-refractivity contribution in [1.29, 1.82) is 0 Å². The van der Waals surface area contributed by atoms with E-state index in [4.69, 9.17) is 14.3 Å². The van der Waals surface area contributed by atoms with Crippen LogP contribution in [0, 0.1) is 11.8 Å². The van der Waals surface area contributed by atoms with E-state index in [2.05, 4.69) is 4.74 Å². The van der Waals surface area contributed by atoms with Crippen molar-refractivity contribution in [2.24, 2.45) is 11.8 Å². The number of alkyl halides is 6. The van der Waals surface area contributed by atoms with Gasteiger partial charge in [-0.05, 0) is 73.9 Å². The van der Waals surface area contributed by atoms with Gasteiger partial charge in [0.05, 0.1) is 44.1 Å². The maximum atomic E-state index is 12.9. The van der Waals surface area contributed by atoms with Gasteiger partial charge in [0, 0.05) is 18.7 Å². The fourth-order valence-corrected chi connectivity index (χ4v) is 5.57. The molecule has 0 bridgehead atoms. The molecule has 2 aromatic carbocycles. The highest BCUT2D eigenvalue weighted by atomic mass is 19.4. The zero-order valence-electron chi connectivity index (χ0n) is 27.4. The number of amides is 1. The largest absolute Gasteiger partial charge is 0.493 e. The Morgan fingerprint density at radius 3 is 1.71 bits per heavy atom. The predicted molar refractivity (Wildman–Crippen MR) is 167 cm³/mol. The van der Waals surface area contributed by atoms with E-state index in [1.165, 1.54) is 46.3 Å². The number of ether oxygens (including phenoxy) is 3. The highest BCUT2D eigenvalue weighted by Gasteiger charge is 2.33. The van der Waals surface area contributed by atoms with Crippen LogP contribution in [0.5, 0.6) is 11.5 Å². The lowest BCUT2D eigenvalue weighted by Crippen LogP contribution is -2.26. The van der Waals surface area contributed by atoms with Gasteiger partial charge in [-0.3, -0.25) is 9.63 Å². The Bertz CT molecular complexity index is 1360. The molecule has 2 aromatic rings. The maximum Gasteiger partial charge on any atom is 0.416 e. The normalized spacial score (nSPS) is 16.2. The van der Waals surface area contributed by atoms with Gasteiger partial charge in [-0.15, -0.1) is 0 Å². The molecule has 1 amide bonds. The lowest BCUT2D eigenvalue weighted by molar-refractivity contribution is -0.138. The second-order valence-corrected chi connectivity index (χ2v) is 11.9. The molecule has 48 heavy (non-hydrogen) atoms. The zero-order chi connectivity index (χ0) is 35.3. The predicted octanol–water partition coefficient (Wildman–Crippen LogP) is 9.15. The molecule has 2 fully saturated rings. The third-order valence-corrected chi connectivity index (χ3v) is 8.44. The van der Waals surface area contributed by atoms with Crippen molar-refractivity contribution in [3.05, 3.63) is 64.7 Å². The summed E-state index contributed by atoms with van der Waals surface area (Å²) in [6.45, 7) is 0.707. The summed E-state index contributed by atoms with van der Waals surface area (Å²) < 4.78 is 93.4. The molecule has 0 atom stereocenters. The van der Waals surface area contributed by atoms with Gasteiger partial charge >= 0.3 is 18.3 Å². The van der Waals surface area contributed by atoms with E-state index in [0.717, 1.165) is 92.8 Å². The molecular formula is C35H43F6NO6. The number of nitrogens with zero attached hydrogens (tertiary/aromatic N) is 1. The SMILES string of the molecule is COC(=O)C=Cc1ccc(C(F)(F)F)cc1OCC1CCCCC1.CON(C)C(=O)c1ccc(C(F)(F)F)cc1OCC1CCCCC1. The Labute approximate surface area is 277 Å². The molecular weight excluding hydrogens is 644 g/mol. The van der Waals surface area contributed by atoms with E-state index < -0.39 is 35.4 Å². The van der Waals surface area contributed by atoms with E-state index in [1.807, 2.05) is 0 Å². The molecule has 13 heteroatoms. The van der Waals surface area contributed by atoms with Crippen molar-refractivity contribution < 1.29 is 55.0 Å². The summed E-state index contributed by atoms with van der Waals surface area (Å²) in [7, 11) is 3.94. The Morgan fingerprint density at radius 2 is 1.23 bits per heavy atom. The van der Waals surface area contributed by atoms with Crippen LogP contribution in [0.4, 0.5) is 26.3 Å². The number of hydrogen-bond acceptors (Lipinski definition) is 6. The smallest absolute Gasteiger partial charge is 0.416 e. The summed E-state index contributed by atoms with van der Waals surface area (Å²) in [5.74, 6) is -0.361. The number of halogens is 6. The van der Waals surface area contributed by atoms with Crippen LogP contribution in [-0.2, 0) is 26.7 Å². The molecule has 0 N–H and O–H groups in total. The number of carbonyl (C=O) groups is 2. The van der Waals surface area contributed by atoms with Crippen LogP contribution < -0.4 is 9.47 Å². The number of methoxy groups -OCH3 is 1. The Morgan fingerprint density at radius 1 is 0.750 bits per heavy atom. The third-order valence-electron chi connectivity index (χ3n) is 8.44. The summed E-state index contributed by atoms with van der Waals surface area (Å²) in [5.41, 5.74) is -1.12. The first-order valence-electron chi connectivity index (χ1n) is 16.0. The first-order chi connectivity index (χ1) is 22.7. The summed E-state index contributed by atoms with van der Waals surface area (Å²) in [4.78, 5) is 28.3. The molecule has 266 valence electrons. The average Bonchev–Trinajstić information content (AvgIpc) is 3.08. The van der Waals surface area contributed by atoms with Gasteiger partial charge in [-0.2, -0.15) is 26.3 Å². The number of benzene rings is 2. The molecule has 0 aliphatic heterocycles. The topological polar surface area (TPSA) is 74.3 Å². The third kappa shape index (κ3) is 12.1. The Hall–Kier alpha value is -3.74. The van der Waals surface area contributed by atoms with Crippen LogP contribution in [-0.4, -0.2) is 51.4 Å². The standard InChI is InChI=1S/C18H21F3O3.C17H22F3NO3/c1-23-17(22)10-8-14-7-9-15(18(19,20)21)11-16(14)24-12-13-5-3-2-4-6-13;1-21(23-2)16(22)14-9-8-13(17(18,19)20)10-15(14)24-11-12-6-4-3-5-7-12/h7-11,13H,2-6,12H2,1H3;8-10,12H,3-7,11H2,1-2H3. The molecule has 0 spiro atoms. The monoisotopic (exact) mass is 687 g/mol. The Balaban J connectivity index is 0.000000260. The highest BCUT2D eigenvalue weighted by Crippen LogP contribution is 2.36. The first kappa shape index (κ1) is 38.7. The fraction of sp³-hybridized carbons (Fsp3) is 0.543. The Kier molecular flexibility index (Phi) is 14.6. The van der Waals surface area contributed by atoms with E-state index in [-0.39, 0.29) is 17.1 Å². The van der Waals surface area contributed by atoms with Crippen molar-refractivity contribution in [3.8, 4) is 11.5 Å². The number of esters is 1. The minimum atomic E-state index is -4.49. The molecule has 0 saturated heterocycles. The molecule has 2 saturated carbocycles. The second kappa shape index (κ2) is 18.1. The minimum absolute atomic E-state index is 0.0516. The summed E-state index contributed by atoms with van der Waals surface area (Å²) in [6, 6.07) is 6.17. The maximum absolute atomic E-state index is 12.9. The molecule has 0 heterocycles. The van der Waals surface area contributed by atoms with Gasteiger partial charge in [0.2, 0.25) is 0 Å². The van der Waals surface area contributed by atoms with Crippen LogP contribution in [0.1, 0.15) is 91.3 Å². The van der Waals surface area contributed by atoms with Crippen LogP contribution >= 0.6 is 0 Å². The quantitative estimate of drug-likeness (QED) is 0.107. The van der Waals surface area contributed by atoms with E-state index in [1.54, 1.807) is 0 Å². The average molecular weight is 688 g/mol. The van der Waals surface area contributed by atoms with Crippen LogP contribution in [0.15, 0.2) is 42.5 Å². The number of hydrogen-bond donors (Lipinski definition) is 0. The molecule has 7 nitrogen and oxygen atoms in total. The van der Waals surface area contributed by atoms with E-state index in [9.17, 15) is 35.9 Å². The van der Waals surface area contributed by atoms with Gasteiger partial charge in [0.15, 0.2) is 0 Å². The number of hydroxylamine groups is 2. The van der Waals surface area contributed by atoms with Gasteiger partial charge in [-0.1, -0.05) is 44.6 Å². The minimum Gasteiger partial charge on any atom is -0.493 e. The number of rotatable bonds is 10. The molecule has 2 aliphatic rings. The van der Waals surface area contributed by atoms with Crippen LogP contribution in [0.3, 0.4) is 0 Å². The van der Waals surface area contributed by atoms with E-state index >= 15 is 0 Å². The lowest BCUT2D eigenvalue weighted by atomic mass is 9.90. The van der Waals surface area contributed by atoms with Crippen LogP contribution in [0.2, 0.25) is 0 Å². The fourth-order valence-electron chi connectivity index (χ4n) is 5.57. The number of carbonyl (C=O) groups excluding carboxylic acids is 2. The molecule has 0 unspecified atom stereocenters. The molecule has 0 radical (unpaired) electrons. The second-order valence-electron chi connectivity index (χ2n) is 11.9. The van der Waals surface area contributed by atoms with Gasteiger partial charge in [-0.25, -0.2) is 9.86 Å². The van der Waals surface area contributed by atoms with Gasteiger partial charge in [0.1, 0.15) is 11.5 Å². The van der Waals surface area contributed by atoms with Gasteiger partial charge in [0.25, 0.3) is 5.91 Å². The van der Waals surface area contributed by atoms with Crippen LogP contribution in [0.25, 0.3) is 6.08 Å². The summed E-state index contributed by atoms with van der Waals surface area (Å²) in [6.07, 6.45) is 4.57. The molecule has 0 aromatic heterocycles. The van der Waals surface area contributed by atoms with Crippen molar-refractivity contribution in [2.75, 3.05) is 34.5 Å². The van der Waals surface area contributed by atoms with Crippen molar-refractivity contribution in [3.63, 3.8) is 0 Å².